The minimum absolute atomic E-state index is 0.214. The Balaban J connectivity index is 1.31. The van der Waals surface area contributed by atoms with Gasteiger partial charge in [0.1, 0.15) is 5.75 Å². The van der Waals surface area contributed by atoms with Gasteiger partial charge in [-0.05, 0) is 73.3 Å². The average Bonchev–Trinajstić information content (AvgIpc) is 2.90. The van der Waals surface area contributed by atoms with Gasteiger partial charge in [0.15, 0.2) is 0 Å². The van der Waals surface area contributed by atoms with Crippen LogP contribution in [0, 0.1) is 11.8 Å². The van der Waals surface area contributed by atoms with Crippen LogP contribution >= 0.6 is 0 Å². The molecule has 1 aliphatic carbocycles. The third kappa shape index (κ3) is 9.61. The van der Waals surface area contributed by atoms with E-state index in [1.165, 1.54) is 12.2 Å². The standard InChI is InChI=1S/C29H32O6/c1-2-27(30)33-20-24-8-10-25(11-9-24)21-34-28(31)18-14-23-12-16-26(17-13-23)35-29(32)19-15-22-6-4-3-5-7-22/h2-7,12-13,15-17,19,24-25H,1,8-11,14,18,20-21H2/b19-15+. The van der Waals surface area contributed by atoms with E-state index in [1.807, 2.05) is 42.5 Å². The fourth-order valence-electron chi connectivity index (χ4n) is 3.96. The molecule has 0 radical (unpaired) electrons. The van der Waals surface area contributed by atoms with Crippen molar-refractivity contribution >= 4 is 24.0 Å². The molecule has 3 rings (SSSR count). The Morgan fingerprint density at radius 1 is 0.829 bits per heavy atom. The van der Waals surface area contributed by atoms with E-state index in [0.717, 1.165) is 36.8 Å². The second kappa shape index (κ2) is 13.9. The van der Waals surface area contributed by atoms with Crippen molar-refractivity contribution in [1.82, 2.24) is 0 Å². The number of carbonyl (C=O) groups is 3. The maximum atomic E-state index is 12.2. The molecule has 35 heavy (non-hydrogen) atoms. The van der Waals surface area contributed by atoms with Gasteiger partial charge in [-0.2, -0.15) is 0 Å². The van der Waals surface area contributed by atoms with Crippen molar-refractivity contribution in [2.75, 3.05) is 13.2 Å². The predicted octanol–water partition coefficient (Wildman–Crippen LogP) is 5.32. The highest BCUT2D eigenvalue weighted by atomic mass is 16.5. The minimum atomic E-state index is -0.447. The van der Waals surface area contributed by atoms with Crippen molar-refractivity contribution in [3.05, 3.63) is 84.5 Å². The van der Waals surface area contributed by atoms with Gasteiger partial charge in [-0.25, -0.2) is 9.59 Å². The zero-order valence-corrected chi connectivity index (χ0v) is 19.9. The molecule has 0 bridgehead atoms. The quantitative estimate of drug-likeness (QED) is 0.248. The van der Waals surface area contributed by atoms with Crippen LogP contribution in [-0.2, 0) is 30.3 Å². The molecule has 6 heteroatoms. The van der Waals surface area contributed by atoms with Crippen LogP contribution in [0.5, 0.6) is 5.75 Å². The molecule has 1 saturated carbocycles. The van der Waals surface area contributed by atoms with Crippen LogP contribution in [0.3, 0.4) is 0 Å². The summed E-state index contributed by atoms with van der Waals surface area (Å²) in [7, 11) is 0. The highest BCUT2D eigenvalue weighted by molar-refractivity contribution is 5.88. The second-order valence-electron chi connectivity index (χ2n) is 8.71. The Hall–Kier alpha value is -3.67. The Morgan fingerprint density at radius 3 is 2.09 bits per heavy atom. The monoisotopic (exact) mass is 476 g/mol. The molecular weight excluding hydrogens is 444 g/mol. The van der Waals surface area contributed by atoms with Crippen LogP contribution in [0.2, 0.25) is 0 Å². The number of hydrogen-bond acceptors (Lipinski definition) is 6. The van der Waals surface area contributed by atoms with Gasteiger partial charge < -0.3 is 14.2 Å². The molecule has 0 heterocycles. The number of benzene rings is 2. The molecule has 0 aliphatic heterocycles. The summed E-state index contributed by atoms with van der Waals surface area (Å²) in [5.41, 5.74) is 1.89. The van der Waals surface area contributed by atoms with Crippen LogP contribution in [0.15, 0.2) is 73.3 Å². The summed E-state index contributed by atoms with van der Waals surface area (Å²) >= 11 is 0. The fraction of sp³-hybridized carbons (Fsp3) is 0.345. The minimum Gasteiger partial charge on any atom is -0.465 e. The molecule has 184 valence electrons. The first-order valence-electron chi connectivity index (χ1n) is 12.0. The first-order valence-corrected chi connectivity index (χ1v) is 12.0. The molecule has 0 amide bonds. The number of rotatable bonds is 11. The highest BCUT2D eigenvalue weighted by Gasteiger charge is 2.23. The lowest BCUT2D eigenvalue weighted by molar-refractivity contribution is -0.146. The van der Waals surface area contributed by atoms with Crippen LogP contribution in [0.1, 0.15) is 43.2 Å². The van der Waals surface area contributed by atoms with E-state index in [9.17, 15) is 14.4 Å². The maximum absolute atomic E-state index is 12.2. The molecule has 6 nitrogen and oxygen atoms in total. The molecular formula is C29H32O6. The van der Waals surface area contributed by atoms with Gasteiger partial charge in [0, 0.05) is 18.6 Å². The molecule has 1 aliphatic rings. The third-order valence-corrected chi connectivity index (χ3v) is 6.05. The summed E-state index contributed by atoms with van der Waals surface area (Å²) in [5, 5.41) is 0. The van der Waals surface area contributed by atoms with Crippen molar-refractivity contribution < 1.29 is 28.6 Å². The summed E-state index contributed by atoms with van der Waals surface area (Å²) in [5.74, 6) is 0.135. The largest absolute Gasteiger partial charge is 0.465 e. The van der Waals surface area contributed by atoms with Gasteiger partial charge in [-0.3, -0.25) is 4.79 Å². The Bertz CT molecular complexity index is 1000. The van der Waals surface area contributed by atoms with Gasteiger partial charge in [0.25, 0.3) is 0 Å². The van der Waals surface area contributed by atoms with Crippen molar-refractivity contribution in [2.45, 2.75) is 38.5 Å². The van der Waals surface area contributed by atoms with E-state index < -0.39 is 5.97 Å². The molecule has 1 fully saturated rings. The molecule has 0 spiro atoms. The van der Waals surface area contributed by atoms with E-state index in [2.05, 4.69) is 6.58 Å². The second-order valence-corrected chi connectivity index (χ2v) is 8.71. The van der Waals surface area contributed by atoms with E-state index in [-0.39, 0.29) is 11.9 Å². The fourth-order valence-corrected chi connectivity index (χ4v) is 3.96. The normalized spacial score (nSPS) is 17.5. The summed E-state index contributed by atoms with van der Waals surface area (Å²) in [6.45, 7) is 4.26. The average molecular weight is 477 g/mol. The van der Waals surface area contributed by atoms with Crippen LogP contribution in [-0.4, -0.2) is 31.1 Å². The predicted molar refractivity (Wildman–Crippen MR) is 133 cm³/mol. The lowest BCUT2D eigenvalue weighted by Gasteiger charge is -2.27. The van der Waals surface area contributed by atoms with Gasteiger partial charge in [0.2, 0.25) is 0 Å². The molecule has 0 unspecified atom stereocenters. The van der Waals surface area contributed by atoms with Gasteiger partial charge in [-0.1, -0.05) is 49.0 Å². The summed E-state index contributed by atoms with van der Waals surface area (Å²) in [6.07, 6.45) is 8.98. The lowest BCUT2D eigenvalue weighted by Crippen LogP contribution is -2.23. The van der Waals surface area contributed by atoms with Gasteiger partial charge >= 0.3 is 17.9 Å². The zero-order valence-electron chi connectivity index (χ0n) is 19.9. The molecule has 0 aromatic heterocycles. The first kappa shape index (κ1) is 25.9. The molecule has 0 atom stereocenters. The topological polar surface area (TPSA) is 78.9 Å². The number of aryl methyl sites for hydroxylation is 1. The van der Waals surface area contributed by atoms with Crippen molar-refractivity contribution in [3.8, 4) is 5.75 Å². The summed E-state index contributed by atoms with van der Waals surface area (Å²) in [4.78, 5) is 35.3. The van der Waals surface area contributed by atoms with Crippen LogP contribution in [0.4, 0.5) is 0 Å². The molecule has 0 saturated heterocycles. The third-order valence-electron chi connectivity index (χ3n) is 6.05. The molecule has 2 aromatic carbocycles. The smallest absolute Gasteiger partial charge is 0.336 e. The van der Waals surface area contributed by atoms with E-state index in [1.54, 1.807) is 18.2 Å². The number of ether oxygens (including phenoxy) is 3. The van der Waals surface area contributed by atoms with Gasteiger partial charge in [-0.15, -0.1) is 0 Å². The van der Waals surface area contributed by atoms with E-state index in [4.69, 9.17) is 14.2 Å². The highest BCUT2D eigenvalue weighted by Crippen LogP contribution is 2.29. The van der Waals surface area contributed by atoms with Crippen molar-refractivity contribution in [1.29, 1.82) is 0 Å². The SMILES string of the molecule is C=CC(=O)OCC1CCC(COC(=O)CCc2ccc(OC(=O)/C=C/c3ccccc3)cc2)CC1. The summed E-state index contributed by atoms with van der Waals surface area (Å²) < 4.78 is 15.9. The van der Waals surface area contributed by atoms with Crippen LogP contribution in [0.25, 0.3) is 6.08 Å². The molecule has 0 N–H and O–H groups in total. The number of hydrogen-bond donors (Lipinski definition) is 0. The van der Waals surface area contributed by atoms with E-state index >= 15 is 0 Å². The number of carbonyl (C=O) groups excluding carboxylic acids is 3. The van der Waals surface area contributed by atoms with E-state index in [0.29, 0.717) is 43.6 Å². The van der Waals surface area contributed by atoms with Crippen LogP contribution < -0.4 is 4.74 Å². The maximum Gasteiger partial charge on any atom is 0.336 e. The zero-order chi connectivity index (χ0) is 24.9. The summed E-state index contributed by atoms with van der Waals surface area (Å²) in [6, 6.07) is 16.7. The first-order chi connectivity index (χ1) is 17.0. The Kier molecular flexibility index (Phi) is 10.3. The van der Waals surface area contributed by atoms with Gasteiger partial charge in [0.05, 0.1) is 13.2 Å². The van der Waals surface area contributed by atoms with Crippen molar-refractivity contribution in [3.63, 3.8) is 0 Å². The Morgan fingerprint density at radius 2 is 1.46 bits per heavy atom. The number of esters is 3. The van der Waals surface area contributed by atoms with Crippen molar-refractivity contribution in [2.24, 2.45) is 11.8 Å². The molecule has 2 aromatic rings. The lowest BCUT2D eigenvalue weighted by atomic mass is 9.83. The Labute approximate surface area is 206 Å².